The molecule has 2 aromatic carbocycles. The number of hydrogen-bond donors (Lipinski definition) is 2. The van der Waals surface area contributed by atoms with Crippen molar-refractivity contribution in [2.75, 3.05) is 19.6 Å². The molecule has 1 fully saturated rings. The van der Waals surface area contributed by atoms with E-state index >= 15 is 0 Å². The van der Waals surface area contributed by atoms with Gasteiger partial charge in [0.05, 0.1) is 0 Å². The molecule has 2 heteroatoms. The lowest BCUT2D eigenvalue weighted by Crippen LogP contribution is -2.28. The Labute approximate surface area is 183 Å². The Bertz CT molecular complexity index is 811. The first-order chi connectivity index (χ1) is 14.6. The molecule has 0 aromatic heterocycles. The maximum absolute atomic E-state index is 4.37. The molecule has 0 bridgehead atoms. The molecule has 0 saturated carbocycles. The third-order valence-electron chi connectivity index (χ3n) is 6.50. The number of aryl methyl sites for hydroxylation is 2. The fourth-order valence-corrected chi connectivity index (χ4v) is 4.22. The number of piperidine rings is 1. The van der Waals surface area contributed by atoms with Crippen molar-refractivity contribution in [1.82, 2.24) is 10.6 Å². The van der Waals surface area contributed by atoms with E-state index in [2.05, 4.69) is 85.7 Å². The number of nitrogens with one attached hydrogen (secondary N) is 2. The van der Waals surface area contributed by atoms with Crippen LogP contribution in [-0.2, 0) is 12.8 Å². The quantitative estimate of drug-likeness (QED) is 0.368. The third-order valence-corrected chi connectivity index (χ3v) is 6.50. The van der Waals surface area contributed by atoms with Gasteiger partial charge >= 0.3 is 0 Å². The Morgan fingerprint density at radius 3 is 2.23 bits per heavy atom. The molecule has 0 spiro atoms. The Morgan fingerprint density at radius 2 is 1.57 bits per heavy atom. The Balaban J connectivity index is 1.46. The normalized spacial score (nSPS) is 15.5. The predicted molar refractivity (Wildman–Crippen MR) is 131 cm³/mol. The molecule has 0 amide bonds. The van der Waals surface area contributed by atoms with Crippen LogP contribution in [0.5, 0.6) is 0 Å². The Kier molecular flexibility index (Phi) is 8.77. The molecule has 2 aromatic rings. The lowest BCUT2D eigenvalue weighted by Gasteiger charge is -2.22. The molecule has 160 valence electrons. The maximum atomic E-state index is 4.37. The van der Waals surface area contributed by atoms with Crippen LogP contribution in [0.25, 0.3) is 5.57 Å². The molecule has 2 nitrogen and oxygen atoms in total. The molecule has 1 heterocycles. The van der Waals surface area contributed by atoms with Crippen molar-refractivity contribution in [2.24, 2.45) is 5.92 Å². The van der Waals surface area contributed by atoms with Crippen molar-refractivity contribution in [1.29, 1.82) is 0 Å². The van der Waals surface area contributed by atoms with E-state index in [-0.39, 0.29) is 0 Å². The monoisotopic (exact) mass is 402 g/mol. The number of allylic oxidation sites excluding steroid dienone is 3. The van der Waals surface area contributed by atoms with E-state index in [1.807, 2.05) is 0 Å². The highest BCUT2D eigenvalue weighted by molar-refractivity contribution is 5.77. The fourth-order valence-electron chi connectivity index (χ4n) is 4.22. The molecule has 2 N–H and O–H groups in total. The van der Waals surface area contributed by atoms with Gasteiger partial charge in [0.2, 0.25) is 0 Å². The molecule has 1 aliphatic heterocycles. The summed E-state index contributed by atoms with van der Waals surface area (Å²) in [5, 5.41) is 7.08. The summed E-state index contributed by atoms with van der Waals surface area (Å²) in [7, 11) is 0. The minimum atomic E-state index is 0.911. The van der Waals surface area contributed by atoms with Crippen LogP contribution in [-0.4, -0.2) is 19.6 Å². The molecule has 0 radical (unpaired) electrons. The lowest BCUT2D eigenvalue weighted by atomic mass is 9.93. The molecular weight excluding hydrogens is 364 g/mol. The minimum absolute atomic E-state index is 0.911. The average molecular weight is 403 g/mol. The highest BCUT2D eigenvalue weighted by Crippen LogP contribution is 2.24. The fraction of sp³-hybridized carbons (Fsp3) is 0.429. The van der Waals surface area contributed by atoms with E-state index in [4.69, 9.17) is 0 Å². The van der Waals surface area contributed by atoms with E-state index in [9.17, 15) is 0 Å². The summed E-state index contributed by atoms with van der Waals surface area (Å²) in [6, 6.07) is 19.6. The van der Waals surface area contributed by atoms with Gasteiger partial charge in [0, 0.05) is 12.2 Å². The lowest BCUT2D eigenvalue weighted by molar-refractivity contribution is 0.346. The van der Waals surface area contributed by atoms with Gasteiger partial charge in [-0.05, 0) is 99.2 Å². The molecule has 0 atom stereocenters. The highest BCUT2D eigenvalue weighted by Gasteiger charge is 2.12. The van der Waals surface area contributed by atoms with E-state index < -0.39 is 0 Å². The standard InChI is InChI=1S/C28H38N2/c1-22(24(3)30-19-7-10-26-17-20-29-21-18-26)23(2)28-15-13-27(14-16-28)12-11-25-8-5-4-6-9-25/h4-6,8-9,13-16,26,29-30H,2,7,10-12,17-21H2,1,3H3/b24-22+. The predicted octanol–water partition coefficient (Wildman–Crippen LogP) is 6.15. The second-order valence-electron chi connectivity index (χ2n) is 8.67. The van der Waals surface area contributed by atoms with E-state index in [1.54, 1.807) is 0 Å². The molecule has 30 heavy (non-hydrogen) atoms. The first kappa shape index (κ1) is 22.4. The topological polar surface area (TPSA) is 24.1 Å². The zero-order valence-electron chi connectivity index (χ0n) is 18.8. The molecule has 1 saturated heterocycles. The summed E-state index contributed by atoms with van der Waals surface area (Å²) < 4.78 is 0. The number of hydrogen-bond acceptors (Lipinski definition) is 2. The van der Waals surface area contributed by atoms with Crippen LogP contribution in [0.4, 0.5) is 0 Å². The smallest absolute Gasteiger partial charge is 0.0144 e. The Morgan fingerprint density at radius 1 is 0.933 bits per heavy atom. The summed E-state index contributed by atoms with van der Waals surface area (Å²) in [4.78, 5) is 0. The molecule has 0 aliphatic carbocycles. The van der Waals surface area contributed by atoms with Gasteiger partial charge in [-0.3, -0.25) is 0 Å². The van der Waals surface area contributed by atoms with Gasteiger partial charge in [-0.25, -0.2) is 0 Å². The van der Waals surface area contributed by atoms with Gasteiger partial charge < -0.3 is 10.6 Å². The van der Waals surface area contributed by atoms with Crippen LogP contribution in [0.2, 0.25) is 0 Å². The van der Waals surface area contributed by atoms with Crippen LogP contribution < -0.4 is 10.6 Å². The largest absolute Gasteiger partial charge is 0.388 e. The molecular formula is C28H38N2. The van der Waals surface area contributed by atoms with Crippen molar-refractivity contribution in [3.05, 3.63) is 89.1 Å². The zero-order chi connectivity index (χ0) is 21.2. The van der Waals surface area contributed by atoms with Crippen molar-refractivity contribution < 1.29 is 0 Å². The van der Waals surface area contributed by atoms with Crippen LogP contribution >= 0.6 is 0 Å². The minimum Gasteiger partial charge on any atom is -0.388 e. The van der Waals surface area contributed by atoms with Crippen LogP contribution in [0, 0.1) is 5.92 Å². The number of benzene rings is 2. The first-order valence-electron chi connectivity index (χ1n) is 11.6. The summed E-state index contributed by atoms with van der Waals surface area (Å²) in [5.41, 5.74) is 7.61. The number of rotatable bonds is 10. The van der Waals surface area contributed by atoms with Crippen LogP contribution in [0.15, 0.2) is 72.4 Å². The van der Waals surface area contributed by atoms with Gasteiger partial charge in [0.25, 0.3) is 0 Å². The van der Waals surface area contributed by atoms with Gasteiger partial charge in [-0.15, -0.1) is 0 Å². The molecule has 1 aliphatic rings. The second kappa shape index (κ2) is 11.8. The van der Waals surface area contributed by atoms with Gasteiger partial charge in [-0.1, -0.05) is 61.2 Å². The van der Waals surface area contributed by atoms with E-state index in [0.717, 1.165) is 30.9 Å². The Hall–Kier alpha value is -2.32. The van der Waals surface area contributed by atoms with Crippen molar-refractivity contribution in [2.45, 2.75) is 52.4 Å². The third kappa shape index (κ3) is 6.88. The van der Waals surface area contributed by atoms with E-state index in [0.29, 0.717) is 0 Å². The van der Waals surface area contributed by atoms with Gasteiger partial charge in [-0.2, -0.15) is 0 Å². The van der Waals surface area contributed by atoms with E-state index in [1.165, 1.54) is 66.7 Å². The highest BCUT2D eigenvalue weighted by atomic mass is 14.9. The van der Waals surface area contributed by atoms with Crippen LogP contribution in [0.1, 0.15) is 56.2 Å². The molecule has 3 rings (SSSR count). The summed E-state index contributed by atoms with van der Waals surface area (Å²) in [6.07, 6.45) is 7.42. The van der Waals surface area contributed by atoms with Crippen molar-refractivity contribution in [3.63, 3.8) is 0 Å². The van der Waals surface area contributed by atoms with Crippen LogP contribution in [0.3, 0.4) is 0 Å². The van der Waals surface area contributed by atoms with Gasteiger partial charge in [0.15, 0.2) is 0 Å². The molecule has 0 unspecified atom stereocenters. The summed E-state index contributed by atoms with van der Waals surface area (Å²) in [6.45, 7) is 12.2. The first-order valence-corrected chi connectivity index (χ1v) is 11.6. The van der Waals surface area contributed by atoms with Crippen molar-refractivity contribution >= 4 is 5.57 Å². The summed E-state index contributed by atoms with van der Waals surface area (Å²) >= 11 is 0. The second-order valence-corrected chi connectivity index (χ2v) is 8.67. The zero-order valence-corrected chi connectivity index (χ0v) is 18.8. The van der Waals surface area contributed by atoms with Crippen molar-refractivity contribution in [3.8, 4) is 0 Å². The summed E-state index contributed by atoms with van der Waals surface area (Å²) in [5.74, 6) is 0.911. The van der Waals surface area contributed by atoms with Gasteiger partial charge in [0.1, 0.15) is 0 Å². The maximum Gasteiger partial charge on any atom is 0.0144 e. The average Bonchev–Trinajstić information content (AvgIpc) is 2.81. The SMILES string of the molecule is C=C(/C(C)=C(\C)NCCCC1CCNCC1)c1ccc(CCc2ccccc2)cc1.